The number of rotatable bonds is 5. The topological polar surface area (TPSA) is 65.8 Å². The van der Waals surface area contributed by atoms with E-state index >= 15 is 0 Å². The van der Waals surface area contributed by atoms with Gasteiger partial charge in [0, 0.05) is 36.9 Å². The molecule has 0 bridgehead atoms. The van der Waals surface area contributed by atoms with Gasteiger partial charge in [-0.2, -0.15) is 0 Å². The minimum Gasteiger partial charge on any atom is -0.352 e. The van der Waals surface area contributed by atoms with Crippen LogP contribution in [0.2, 0.25) is 0 Å². The number of aryl methyl sites for hydroxylation is 1. The maximum absolute atomic E-state index is 12.8. The molecule has 0 aliphatic carbocycles. The molecule has 5 rings (SSSR count). The molecule has 1 N–H and O–H groups in total. The van der Waals surface area contributed by atoms with Crippen molar-refractivity contribution in [3.8, 4) is 0 Å². The number of fused-ring (bicyclic) bond motifs is 2. The third-order valence-electron chi connectivity index (χ3n) is 5.44. The van der Waals surface area contributed by atoms with Gasteiger partial charge < -0.3 is 19.5 Å². The molecule has 8 heteroatoms. The van der Waals surface area contributed by atoms with E-state index in [4.69, 9.17) is 4.98 Å². The number of nitrogens with zero attached hydrogens (tertiary/aromatic N) is 5. The van der Waals surface area contributed by atoms with E-state index in [2.05, 4.69) is 46.3 Å². The lowest BCUT2D eigenvalue weighted by molar-refractivity contribution is 0.103. The van der Waals surface area contributed by atoms with E-state index in [1.807, 2.05) is 41.9 Å². The highest BCUT2D eigenvalue weighted by atomic mass is 32.1. The molecule has 7 nitrogen and oxygen atoms in total. The first-order valence-corrected chi connectivity index (χ1v) is 10.9. The lowest BCUT2D eigenvalue weighted by atomic mass is 10.0. The average Bonchev–Trinajstić information content (AvgIpc) is 3.27. The van der Waals surface area contributed by atoms with Crippen LogP contribution in [0.4, 0.5) is 11.5 Å². The second-order valence-corrected chi connectivity index (χ2v) is 9.12. The van der Waals surface area contributed by atoms with Crippen LogP contribution >= 0.6 is 11.3 Å². The van der Waals surface area contributed by atoms with Crippen molar-refractivity contribution in [2.45, 2.75) is 19.4 Å². The monoisotopic (exact) mass is 420 g/mol. The Balaban J connectivity index is 1.35. The van der Waals surface area contributed by atoms with Crippen molar-refractivity contribution < 1.29 is 4.79 Å². The van der Waals surface area contributed by atoms with Crippen molar-refractivity contribution in [3.05, 3.63) is 53.3 Å². The molecular weight excluding hydrogens is 396 g/mol. The predicted molar refractivity (Wildman–Crippen MR) is 122 cm³/mol. The average molecular weight is 421 g/mol. The number of likely N-dealkylation sites (N-methyl/N-ethyl adjacent to an activating group) is 1. The molecular formula is C22H24N6OS. The van der Waals surface area contributed by atoms with Gasteiger partial charge in [-0.25, -0.2) is 9.97 Å². The summed E-state index contributed by atoms with van der Waals surface area (Å²) in [7, 11) is 4.20. The zero-order valence-electron chi connectivity index (χ0n) is 17.3. The van der Waals surface area contributed by atoms with Crippen LogP contribution in [-0.2, 0) is 0 Å². The molecule has 0 radical (unpaired) electrons. The van der Waals surface area contributed by atoms with Crippen molar-refractivity contribution in [1.82, 2.24) is 19.3 Å². The molecule has 4 aromatic rings. The van der Waals surface area contributed by atoms with Crippen LogP contribution in [0, 0.1) is 6.92 Å². The molecule has 154 valence electrons. The third-order valence-corrected chi connectivity index (χ3v) is 6.48. The molecule has 1 amide bonds. The number of nitrogens with one attached hydrogen (secondary N) is 1. The number of hydrogen-bond donors (Lipinski definition) is 1. The Bertz CT molecular complexity index is 1240. The molecule has 5 heterocycles. The van der Waals surface area contributed by atoms with Crippen LogP contribution < -0.4 is 10.2 Å². The quantitative estimate of drug-likeness (QED) is 0.534. The second kappa shape index (κ2) is 7.37. The molecule has 1 aliphatic rings. The van der Waals surface area contributed by atoms with Crippen LogP contribution in [0.5, 0.6) is 0 Å². The van der Waals surface area contributed by atoms with Gasteiger partial charge in [-0.05, 0) is 57.8 Å². The van der Waals surface area contributed by atoms with Crippen molar-refractivity contribution in [1.29, 1.82) is 0 Å². The zero-order chi connectivity index (χ0) is 20.8. The van der Waals surface area contributed by atoms with E-state index < -0.39 is 0 Å². The number of amides is 1. The fraction of sp³-hybridized carbons (Fsp3) is 0.318. The van der Waals surface area contributed by atoms with Gasteiger partial charge in [0.25, 0.3) is 5.91 Å². The molecule has 0 aromatic carbocycles. The van der Waals surface area contributed by atoms with Gasteiger partial charge in [0.15, 0.2) is 0 Å². The SMILES string of the molecule is Cc1cn2cc(NC(=O)c3cc4ccc(N5CCC5CN(C)C)nc4s3)ccc2n1. The summed E-state index contributed by atoms with van der Waals surface area (Å²) in [5, 5.41) is 3.99. The summed E-state index contributed by atoms with van der Waals surface area (Å²) in [6, 6.07) is 10.3. The largest absolute Gasteiger partial charge is 0.352 e. The summed E-state index contributed by atoms with van der Waals surface area (Å²) in [5.41, 5.74) is 2.55. The van der Waals surface area contributed by atoms with E-state index in [1.54, 1.807) is 0 Å². The Morgan fingerprint density at radius 3 is 2.87 bits per heavy atom. The molecule has 1 atom stereocenters. The van der Waals surface area contributed by atoms with Gasteiger partial charge in [0.05, 0.1) is 16.3 Å². The Morgan fingerprint density at radius 2 is 2.10 bits per heavy atom. The molecule has 4 aromatic heterocycles. The number of thiophene rings is 1. The summed E-state index contributed by atoms with van der Waals surface area (Å²) in [6.45, 7) is 4.01. The Hall–Kier alpha value is -2.97. The highest BCUT2D eigenvalue weighted by Gasteiger charge is 2.29. The molecule has 30 heavy (non-hydrogen) atoms. The van der Waals surface area contributed by atoms with Crippen LogP contribution in [0.3, 0.4) is 0 Å². The van der Waals surface area contributed by atoms with Crippen LogP contribution in [0.25, 0.3) is 15.9 Å². The normalized spacial score (nSPS) is 16.4. The minimum atomic E-state index is -0.120. The van der Waals surface area contributed by atoms with Crippen molar-refractivity contribution in [3.63, 3.8) is 0 Å². The summed E-state index contributed by atoms with van der Waals surface area (Å²) < 4.78 is 1.92. The molecule has 0 spiro atoms. The first kappa shape index (κ1) is 19.0. The van der Waals surface area contributed by atoms with Gasteiger partial charge in [-0.15, -0.1) is 11.3 Å². The summed E-state index contributed by atoms with van der Waals surface area (Å²) in [5.74, 6) is 0.875. The van der Waals surface area contributed by atoms with Gasteiger partial charge in [0.1, 0.15) is 16.3 Å². The number of pyridine rings is 2. The second-order valence-electron chi connectivity index (χ2n) is 8.09. The van der Waals surface area contributed by atoms with Crippen LogP contribution in [0.1, 0.15) is 21.8 Å². The smallest absolute Gasteiger partial charge is 0.265 e. The van der Waals surface area contributed by atoms with E-state index in [1.165, 1.54) is 17.8 Å². The van der Waals surface area contributed by atoms with Crippen LogP contribution in [-0.4, -0.2) is 58.4 Å². The van der Waals surface area contributed by atoms with E-state index in [-0.39, 0.29) is 5.91 Å². The van der Waals surface area contributed by atoms with Crippen LogP contribution in [0.15, 0.2) is 42.7 Å². The van der Waals surface area contributed by atoms with E-state index in [9.17, 15) is 4.79 Å². The standard InChI is InChI=1S/C22H24N6OS/c1-14-11-27-12-16(5-7-19(27)23-14)24-21(29)18-10-15-4-6-20(25-22(15)30-18)28-9-8-17(28)13-26(2)3/h4-7,10-12,17H,8-9,13H2,1-3H3,(H,24,29). The maximum atomic E-state index is 12.8. The number of carbonyl (C=O) groups excluding carboxylic acids is 1. The third kappa shape index (κ3) is 3.53. The highest BCUT2D eigenvalue weighted by Crippen LogP contribution is 2.31. The first-order valence-electron chi connectivity index (χ1n) is 10.0. The van der Waals surface area contributed by atoms with E-state index in [0.717, 1.165) is 46.2 Å². The van der Waals surface area contributed by atoms with Crippen molar-refractivity contribution >= 4 is 44.6 Å². The Morgan fingerprint density at radius 1 is 1.23 bits per heavy atom. The lowest BCUT2D eigenvalue weighted by Crippen LogP contribution is -2.53. The van der Waals surface area contributed by atoms with E-state index in [0.29, 0.717) is 10.9 Å². The van der Waals surface area contributed by atoms with Gasteiger partial charge >= 0.3 is 0 Å². The predicted octanol–water partition coefficient (Wildman–Crippen LogP) is 3.65. The molecule has 0 saturated carbocycles. The molecule has 1 saturated heterocycles. The maximum Gasteiger partial charge on any atom is 0.265 e. The molecule has 1 aliphatic heterocycles. The fourth-order valence-electron chi connectivity index (χ4n) is 3.92. The van der Waals surface area contributed by atoms with Crippen molar-refractivity contribution in [2.24, 2.45) is 0 Å². The van der Waals surface area contributed by atoms with Gasteiger partial charge in [-0.3, -0.25) is 4.79 Å². The molecule has 1 fully saturated rings. The number of carbonyl (C=O) groups is 1. The highest BCUT2D eigenvalue weighted by molar-refractivity contribution is 7.20. The summed E-state index contributed by atoms with van der Waals surface area (Å²) >= 11 is 1.43. The van der Waals surface area contributed by atoms with Crippen molar-refractivity contribution in [2.75, 3.05) is 37.4 Å². The fourth-order valence-corrected chi connectivity index (χ4v) is 4.84. The minimum absolute atomic E-state index is 0.120. The first-order chi connectivity index (χ1) is 14.5. The number of aromatic nitrogens is 3. The Labute approximate surface area is 179 Å². The number of anilines is 2. The summed E-state index contributed by atoms with van der Waals surface area (Å²) in [6.07, 6.45) is 5.01. The zero-order valence-corrected chi connectivity index (χ0v) is 18.1. The van der Waals surface area contributed by atoms with Gasteiger partial charge in [0.2, 0.25) is 0 Å². The summed E-state index contributed by atoms with van der Waals surface area (Å²) in [4.78, 5) is 28.2. The lowest BCUT2D eigenvalue weighted by Gasteiger charge is -2.43. The van der Waals surface area contributed by atoms with Gasteiger partial charge in [-0.1, -0.05) is 0 Å². The number of imidazole rings is 1. The Kier molecular flexibility index (Phi) is 4.67. The molecule has 1 unspecified atom stereocenters. The number of hydrogen-bond acceptors (Lipinski definition) is 6.